The van der Waals surface area contributed by atoms with Crippen molar-refractivity contribution in [1.82, 2.24) is 4.98 Å². The van der Waals surface area contributed by atoms with Crippen LogP contribution in [0.2, 0.25) is 0 Å². The van der Waals surface area contributed by atoms with E-state index in [1.165, 1.54) is 6.20 Å². The summed E-state index contributed by atoms with van der Waals surface area (Å²) in [6.07, 6.45) is 0.769. The van der Waals surface area contributed by atoms with Gasteiger partial charge in [-0.3, -0.25) is 4.98 Å². The smallest absolute Gasteiger partial charge is 0.255 e. The molecule has 0 fully saturated rings. The van der Waals surface area contributed by atoms with E-state index in [0.717, 1.165) is 0 Å². The number of alkyl halides is 2. The third-order valence-corrected chi connectivity index (χ3v) is 1.12. The molecule has 2 nitrogen and oxygen atoms in total. The van der Waals surface area contributed by atoms with Gasteiger partial charge in [0.25, 0.3) is 6.43 Å². The summed E-state index contributed by atoms with van der Waals surface area (Å²) in [6.45, 7) is -0.328. The van der Waals surface area contributed by atoms with Crippen molar-refractivity contribution < 1.29 is 8.78 Å². The van der Waals surface area contributed by atoms with Crippen molar-refractivity contribution in [1.29, 1.82) is 0 Å². The van der Waals surface area contributed by atoms with E-state index in [9.17, 15) is 8.78 Å². The van der Waals surface area contributed by atoms with Crippen LogP contribution in [0.15, 0.2) is 24.5 Å². The molecule has 11 heavy (non-hydrogen) atoms. The van der Waals surface area contributed by atoms with E-state index in [1.54, 1.807) is 18.3 Å². The molecule has 0 saturated carbocycles. The number of rotatable bonds is 3. The maximum atomic E-state index is 11.6. The molecular formula is C7H8F2N2. The summed E-state index contributed by atoms with van der Waals surface area (Å²) in [5.74, 6) is 0. The summed E-state index contributed by atoms with van der Waals surface area (Å²) >= 11 is 0. The van der Waals surface area contributed by atoms with Gasteiger partial charge in [0.15, 0.2) is 0 Å². The minimum Gasteiger partial charge on any atom is -0.378 e. The number of anilines is 1. The molecule has 0 aromatic carbocycles. The number of hydrogen-bond acceptors (Lipinski definition) is 2. The maximum absolute atomic E-state index is 11.6. The number of hydrogen-bond donors (Lipinski definition) is 1. The molecule has 60 valence electrons. The molecule has 1 aromatic heterocycles. The Bertz CT molecular complexity index is 201. The molecule has 4 heteroatoms. The number of pyridine rings is 1. The van der Waals surface area contributed by atoms with Crippen LogP contribution in [0, 0.1) is 0 Å². The number of aromatic nitrogens is 1. The summed E-state index contributed by atoms with van der Waals surface area (Å²) < 4.78 is 23.3. The third-order valence-electron chi connectivity index (χ3n) is 1.12. The highest BCUT2D eigenvalue weighted by Gasteiger charge is 1.99. The van der Waals surface area contributed by atoms with Crippen molar-refractivity contribution >= 4 is 5.69 Å². The van der Waals surface area contributed by atoms with Gasteiger partial charge in [0.2, 0.25) is 0 Å². The van der Waals surface area contributed by atoms with Gasteiger partial charge in [-0.1, -0.05) is 0 Å². The monoisotopic (exact) mass is 158 g/mol. The lowest BCUT2D eigenvalue weighted by Gasteiger charge is -2.02. The molecule has 0 aliphatic heterocycles. The van der Waals surface area contributed by atoms with Crippen LogP contribution < -0.4 is 5.32 Å². The van der Waals surface area contributed by atoms with Crippen LogP contribution in [-0.4, -0.2) is 18.0 Å². The topological polar surface area (TPSA) is 24.9 Å². The van der Waals surface area contributed by atoms with Crippen molar-refractivity contribution in [3.8, 4) is 0 Å². The van der Waals surface area contributed by atoms with Gasteiger partial charge >= 0.3 is 0 Å². The molecule has 1 rings (SSSR count). The van der Waals surface area contributed by atoms with Crippen molar-refractivity contribution in [2.75, 3.05) is 11.9 Å². The largest absolute Gasteiger partial charge is 0.378 e. The van der Waals surface area contributed by atoms with Crippen LogP contribution in [0.1, 0.15) is 0 Å². The van der Waals surface area contributed by atoms with Crippen LogP contribution >= 0.6 is 0 Å². The Hall–Kier alpha value is -1.19. The zero-order chi connectivity index (χ0) is 8.10. The molecule has 0 unspecified atom stereocenters. The number of halogens is 2. The quantitative estimate of drug-likeness (QED) is 0.725. The van der Waals surface area contributed by atoms with Gasteiger partial charge in [-0.25, -0.2) is 8.78 Å². The standard InChI is InChI=1S/C7H8F2N2/c8-7(9)5-11-6-2-1-3-10-4-6/h1-4,7,11H,5H2. The normalized spacial score (nSPS) is 10.1. The Labute approximate surface area is 63.3 Å². The molecule has 1 heterocycles. The van der Waals surface area contributed by atoms with Crippen LogP contribution in [0.3, 0.4) is 0 Å². The number of nitrogens with one attached hydrogen (secondary N) is 1. The van der Waals surface area contributed by atoms with Crippen molar-refractivity contribution in [2.24, 2.45) is 0 Å². The fourth-order valence-electron chi connectivity index (χ4n) is 0.662. The van der Waals surface area contributed by atoms with E-state index < -0.39 is 6.43 Å². The molecule has 0 atom stereocenters. The predicted octanol–water partition coefficient (Wildman–Crippen LogP) is 1.76. The SMILES string of the molecule is FC(F)CNc1cccnc1. The van der Waals surface area contributed by atoms with Gasteiger partial charge in [0.05, 0.1) is 12.2 Å². The highest BCUT2D eigenvalue weighted by molar-refractivity contribution is 5.39. The third kappa shape index (κ3) is 2.93. The van der Waals surface area contributed by atoms with E-state index in [2.05, 4.69) is 10.3 Å². The Balaban J connectivity index is 2.39. The van der Waals surface area contributed by atoms with E-state index >= 15 is 0 Å². The van der Waals surface area contributed by atoms with Gasteiger partial charge < -0.3 is 5.32 Å². The summed E-state index contributed by atoms with van der Waals surface area (Å²) in [5.41, 5.74) is 0.618. The van der Waals surface area contributed by atoms with Gasteiger partial charge in [-0.05, 0) is 12.1 Å². The highest BCUT2D eigenvalue weighted by atomic mass is 19.3. The second kappa shape index (κ2) is 3.85. The van der Waals surface area contributed by atoms with E-state index in [-0.39, 0.29) is 6.54 Å². The molecule has 1 N–H and O–H groups in total. The first-order valence-corrected chi connectivity index (χ1v) is 3.21. The highest BCUT2D eigenvalue weighted by Crippen LogP contribution is 2.03. The van der Waals surface area contributed by atoms with E-state index in [0.29, 0.717) is 5.69 Å². The minimum absolute atomic E-state index is 0.328. The fourth-order valence-corrected chi connectivity index (χ4v) is 0.662. The van der Waals surface area contributed by atoms with E-state index in [1.807, 2.05) is 0 Å². The molecule has 0 aliphatic rings. The van der Waals surface area contributed by atoms with Gasteiger partial charge in [-0.15, -0.1) is 0 Å². The van der Waals surface area contributed by atoms with E-state index in [4.69, 9.17) is 0 Å². The second-order valence-electron chi connectivity index (χ2n) is 2.01. The average Bonchev–Trinajstić information content (AvgIpc) is 2.03. The fraction of sp³-hybridized carbons (Fsp3) is 0.286. The van der Waals surface area contributed by atoms with Crippen LogP contribution in [0.5, 0.6) is 0 Å². The van der Waals surface area contributed by atoms with Gasteiger partial charge in [-0.2, -0.15) is 0 Å². The molecule has 1 aromatic rings. The molecule has 0 radical (unpaired) electrons. The van der Waals surface area contributed by atoms with Crippen LogP contribution in [0.25, 0.3) is 0 Å². The summed E-state index contributed by atoms with van der Waals surface area (Å²) in [4.78, 5) is 3.76. The van der Waals surface area contributed by atoms with Crippen LogP contribution in [0.4, 0.5) is 14.5 Å². The molecule has 0 bridgehead atoms. The Morgan fingerprint density at radius 3 is 2.91 bits per heavy atom. The Morgan fingerprint density at radius 1 is 1.55 bits per heavy atom. The van der Waals surface area contributed by atoms with Gasteiger partial charge in [0.1, 0.15) is 0 Å². The lowest BCUT2D eigenvalue weighted by Crippen LogP contribution is -2.09. The van der Waals surface area contributed by atoms with Crippen molar-refractivity contribution in [3.63, 3.8) is 0 Å². The first-order valence-electron chi connectivity index (χ1n) is 3.21. The summed E-state index contributed by atoms with van der Waals surface area (Å²) in [7, 11) is 0. The second-order valence-corrected chi connectivity index (χ2v) is 2.01. The lowest BCUT2D eigenvalue weighted by molar-refractivity contribution is 0.163. The zero-order valence-corrected chi connectivity index (χ0v) is 5.80. The molecule has 0 amide bonds. The molecule has 0 spiro atoms. The van der Waals surface area contributed by atoms with Gasteiger partial charge in [0, 0.05) is 12.4 Å². The Morgan fingerprint density at radius 2 is 2.36 bits per heavy atom. The lowest BCUT2D eigenvalue weighted by atomic mass is 10.4. The first kappa shape index (κ1) is 7.91. The van der Waals surface area contributed by atoms with Crippen molar-refractivity contribution in [3.05, 3.63) is 24.5 Å². The van der Waals surface area contributed by atoms with Crippen molar-refractivity contribution in [2.45, 2.75) is 6.43 Å². The number of nitrogens with zero attached hydrogens (tertiary/aromatic N) is 1. The molecular weight excluding hydrogens is 150 g/mol. The minimum atomic E-state index is -2.32. The first-order chi connectivity index (χ1) is 5.29. The zero-order valence-electron chi connectivity index (χ0n) is 5.80. The predicted molar refractivity (Wildman–Crippen MR) is 38.7 cm³/mol. The Kier molecular flexibility index (Phi) is 2.77. The summed E-state index contributed by atoms with van der Waals surface area (Å²) in [5, 5.41) is 2.53. The van der Waals surface area contributed by atoms with Crippen LogP contribution in [-0.2, 0) is 0 Å². The average molecular weight is 158 g/mol. The molecule has 0 saturated heterocycles. The molecule has 0 aliphatic carbocycles. The maximum Gasteiger partial charge on any atom is 0.255 e. The summed E-state index contributed by atoms with van der Waals surface area (Å²) in [6, 6.07) is 3.38.